The molecule has 2 unspecified atom stereocenters. The summed E-state index contributed by atoms with van der Waals surface area (Å²) in [6, 6.07) is -1.45. The Hall–Kier alpha value is -1.59. The van der Waals surface area contributed by atoms with Crippen molar-refractivity contribution in [2.45, 2.75) is 70.9 Å². The Kier molecular flexibility index (Phi) is 5.80. The number of esters is 2. The Bertz CT molecular complexity index is 430. The monoisotopic (exact) mass is 311 g/mol. The normalized spacial score (nSPS) is 24.3. The molecule has 0 spiro atoms. The fraction of sp³-hybridized carbons (Fsp3) is 0.812. The Labute approximate surface area is 131 Å². The SMILES string of the molecule is CCOC(=O)C(CCC1CCCCC1)N1C(=O)OC(=O)C1C. The van der Waals surface area contributed by atoms with E-state index in [1.807, 2.05) is 0 Å². The van der Waals surface area contributed by atoms with E-state index >= 15 is 0 Å². The third-order valence-electron chi connectivity index (χ3n) is 4.62. The van der Waals surface area contributed by atoms with Crippen LogP contribution in [0.4, 0.5) is 4.79 Å². The van der Waals surface area contributed by atoms with E-state index in [1.54, 1.807) is 13.8 Å². The zero-order valence-electron chi connectivity index (χ0n) is 13.4. The molecule has 2 rings (SSSR count). The van der Waals surface area contributed by atoms with Crippen molar-refractivity contribution >= 4 is 18.0 Å². The highest BCUT2D eigenvalue weighted by molar-refractivity contribution is 5.97. The lowest BCUT2D eigenvalue weighted by atomic mass is 9.85. The smallest absolute Gasteiger partial charge is 0.419 e. The second-order valence-corrected chi connectivity index (χ2v) is 6.12. The summed E-state index contributed by atoms with van der Waals surface area (Å²) in [5, 5.41) is 0. The molecule has 0 N–H and O–H groups in total. The number of hydrogen-bond acceptors (Lipinski definition) is 5. The van der Waals surface area contributed by atoms with Crippen LogP contribution in [0.3, 0.4) is 0 Å². The van der Waals surface area contributed by atoms with Crippen molar-refractivity contribution < 1.29 is 23.9 Å². The van der Waals surface area contributed by atoms with E-state index in [-0.39, 0.29) is 6.61 Å². The summed E-state index contributed by atoms with van der Waals surface area (Å²) in [6.07, 6.45) is 6.75. The molecule has 124 valence electrons. The predicted octanol–water partition coefficient (Wildman–Crippen LogP) is 2.65. The number of carbonyl (C=O) groups is 3. The molecular formula is C16H25NO5. The molecule has 1 amide bonds. The fourth-order valence-corrected chi connectivity index (χ4v) is 3.37. The minimum Gasteiger partial charge on any atom is -0.464 e. The molecule has 6 nitrogen and oxygen atoms in total. The summed E-state index contributed by atoms with van der Waals surface area (Å²) in [7, 11) is 0. The van der Waals surface area contributed by atoms with E-state index in [0.717, 1.165) is 6.42 Å². The lowest BCUT2D eigenvalue weighted by Crippen LogP contribution is -2.47. The Morgan fingerprint density at radius 3 is 2.55 bits per heavy atom. The van der Waals surface area contributed by atoms with Crippen LogP contribution in [0.2, 0.25) is 0 Å². The third-order valence-corrected chi connectivity index (χ3v) is 4.62. The average molecular weight is 311 g/mol. The molecule has 1 heterocycles. The van der Waals surface area contributed by atoms with Crippen LogP contribution in [0, 0.1) is 5.92 Å². The summed E-state index contributed by atoms with van der Waals surface area (Å²) in [5.74, 6) is -0.455. The van der Waals surface area contributed by atoms with E-state index < -0.39 is 30.1 Å². The summed E-state index contributed by atoms with van der Waals surface area (Å²) >= 11 is 0. The second kappa shape index (κ2) is 7.61. The maximum absolute atomic E-state index is 12.2. The zero-order chi connectivity index (χ0) is 16.1. The second-order valence-electron chi connectivity index (χ2n) is 6.12. The van der Waals surface area contributed by atoms with Crippen LogP contribution in [0.5, 0.6) is 0 Å². The maximum Gasteiger partial charge on any atom is 0.419 e. The molecule has 0 bridgehead atoms. The Morgan fingerprint density at radius 1 is 1.32 bits per heavy atom. The van der Waals surface area contributed by atoms with Crippen LogP contribution in [-0.4, -0.2) is 41.6 Å². The minimum atomic E-state index is -0.737. The molecule has 1 aliphatic heterocycles. The van der Waals surface area contributed by atoms with Gasteiger partial charge in [-0.2, -0.15) is 0 Å². The highest BCUT2D eigenvalue weighted by atomic mass is 16.6. The lowest BCUT2D eigenvalue weighted by molar-refractivity contribution is -0.149. The topological polar surface area (TPSA) is 72.9 Å². The van der Waals surface area contributed by atoms with Crippen LogP contribution in [0.1, 0.15) is 58.8 Å². The number of amides is 1. The van der Waals surface area contributed by atoms with Gasteiger partial charge in [0.05, 0.1) is 6.61 Å². The van der Waals surface area contributed by atoms with Gasteiger partial charge in [0.1, 0.15) is 12.1 Å². The molecule has 22 heavy (non-hydrogen) atoms. The molecule has 2 aliphatic rings. The Morgan fingerprint density at radius 2 is 2.00 bits per heavy atom. The van der Waals surface area contributed by atoms with Crippen LogP contribution in [-0.2, 0) is 19.1 Å². The molecule has 2 fully saturated rings. The maximum atomic E-state index is 12.2. The van der Waals surface area contributed by atoms with Crippen LogP contribution >= 0.6 is 0 Å². The highest BCUT2D eigenvalue weighted by Gasteiger charge is 2.45. The first-order chi connectivity index (χ1) is 10.5. The van der Waals surface area contributed by atoms with Gasteiger partial charge in [0.15, 0.2) is 0 Å². The first-order valence-corrected chi connectivity index (χ1v) is 8.25. The van der Waals surface area contributed by atoms with Gasteiger partial charge in [0.25, 0.3) is 0 Å². The number of cyclic esters (lactones) is 2. The summed E-state index contributed by atoms with van der Waals surface area (Å²) in [4.78, 5) is 36.9. The van der Waals surface area contributed by atoms with E-state index in [9.17, 15) is 14.4 Å². The predicted molar refractivity (Wildman–Crippen MR) is 79.0 cm³/mol. The number of nitrogens with zero attached hydrogens (tertiary/aromatic N) is 1. The van der Waals surface area contributed by atoms with Gasteiger partial charge in [-0.15, -0.1) is 0 Å². The van der Waals surface area contributed by atoms with Gasteiger partial charge in [-0.25, -0.2) is 14.4 Å². The van der Waals surface area contributed by atoms with Gasteiger partial charge < -0.3 is 9.47 Å². The molecule has 1 saturated carbocycles. The van der Waals surface area contributed by atoms with Crippen LogP contribution in [0.25, 0.3) is 0 Å². The number of hydrogen-bond donors (Lipinski definition) is 0. The first kappa shape index (κ1) is 16.8. The van der Waals surface area contributed by atoms with Gasteiger partial charge in [-0.3, -0.25) is 4.90 Å². The summed E-state index contributed by atoms with van der Waals surface area (Å²) in [5.41, 5.74) is 0. The molecule has 1 saturated heterocycles. The van der Waals surface area contributed by atoms with Crippen LogP contribution < -0.4 is 0 Å². The third kappa shape index (κ3) is 3.78. The van der Waals surface area contributed by atoms with Gasteiger partial charge in [0, 0.05) is 0 Å². The van der Waals surface area contributed by atoms with Gasteiger partial charge in [0.2, 0.25) is 0 Å². The number of ether oxygens (including phenoxy) is 2. The molecule has 2 atom stereocenters. The number of carbonyl (C=O) groups excluding carboxylic acids is 3. The largest absolute Gasteiger partial charge is 0.464 e. The van der Waals surface area contributed by atoms with E-state index in [2.05, 4.69) is 4.74 Å². The van der Waals surface area contributed by atoms with E-state index in [1.165, 1.54) is 37.0 Å². The van der Waals surface area contributed by atoms with Crippen molar-refractivity contribution in [2.75, 3.05) is 6.61 Å². The minimum absolute atomic E-state index is 0.254. The average Bonchev–Trinajstić information content (AvgIpc) is 2.75. The van der Waals surface area contributed by atoms with Crippen molar-refractivity contribution in [1.29, 1.82) is 0 Å². The van der Waals surface area contributed by atoms with Gasteiger partial charge >= 0.3 is 18.0 Å². The van der Waals surface area contributed by atoms with Crippen molar-refractivity contribution in [3.8, 4) is 0 Å². The molecule has 0 aromatic heterocycles. The summed E-state index contributed by atoms with van der Waals surface area (Å²) in [6.45, 7) is 3.57. The van der Waals surface area contributed by atoms with Gasteiger partial charge in [-0.05, 0) is 32.6 Å². The molecule has 0 aromatic carbocycles. The standard InChI is InChI=1S/C16H25NO5/c1-3-21-15(19)13(10-9-12-7-5-4-6-8-12)17-11(2)14(18)22-16(17)20/h11-13H,3-10H2,1-2H3. The zero-order valence-corrected chi connectivity index (χ0v) is 13.4. The highest BCUT2D eigenvalue weighted by Crippen LogP contribution is 2.30. The summed E-state index contributed by atoms with van der Waals surface area (Å²) < 4.78 is 9.72. The van der Waals surface area contributed by atoms with Crippen molar-refractivity contribution in [3.63, 3.8) is 0 Å². The van der Waals surface area contributed by atoms with E-state index in [0.29, 0.717) is 12.3 Å². The van der Waals surface area contributed by atoms with Crippen molar-refractivity contribution in [1.82, 2.24) is 4.90 Å². The van der Waals surface area contributed by atoms with Crippen LogP contribution in [0.15, 0.2) is 0 Å². The molecule has 0 aromatic rings. The van der Waals surface area contributed by atoms with Crippen molar-refractivity contribution in [3.05, 3.63) is 0 Å². The van der Waals surface area contributed by atoms with E-state index in [4.69, 9.17) is 4.74 Å². The van der Waals surface area contributed by atoms with Gasteiger partial charge in [-0.1, -0.05) is 32.1 Å². The number of rotatable bonds is 6. The quantitative estimate of drug-likeness (QED) is 0.557. The molecule has 0 radical (unpaired) electrons. The van der Waals surface area contributed by atoms with Crippen molar-refractivity contribution in [2.24, 2.45) is 5.92 Å². The Balaban J connectivity index is 2.03. The molecule has 6 heteroatoms. The molecular weight excluding hydrogens is 286 g/mol. The lowest BCUT2D eigenvalue weighted by Gasteiger charge is -2.28. The first-order valence-electron chi connectivity index (χ1n) is 8.25. The molecule has 1 aliphatic carbocycles. The fourth-order valence-electron chi connectivity index (χ4n) is 3.37.